The summed E-state index contributed by atoms with van der Waals surface area (Å²) in [5.74, 6) is -0.680. The van der Waals surface area contributed by atoms with E-state index < -0.39 is 45.1 Å². The number of hydrogen-bond acceptors (Lipinski definition) is 8. The summed E-state index contributed by atoms with van der Waals surface area (Å²) < 4.78 is 47.1. The molecule has 1 N–H and O–H groups in total. The molecule has 11 heteroatoms. The minimum Gasteiger partial charge on any atom is -0.490 e. The number of methoxy groups -OCH3 is 1. The van der Waals surface area contributed by atoms with E-state index in [0.717, 1.165) is 49.4 Å². The number of rotatable bonds is 4. The molecule has 2 bridgehead atoms. The van der Waals surface area contributed by atoms with Crippen LogP contribution in [-0.2, 0) is 36.1 Å². The fourth-order valence-electron chi connectivity index (χ4n) is 8.08. The first-order valence-electron chi connectivity index (χ1n) is 17.2. The van der Waals surface area contributed by atoms with Crippen molar-refractivity contribution in [3.63, 3.8) is 0 Å². The second-order valence-corrected chi connectivity index (χ2v) is 16.6. The molecule has 0 saturated heterocycles. The molecular formula is C37H47ClN2O7S. The van der Waals surface area contributed by atoms with E-state index >= 15 is 0 Å². The number of sulfonamides is 1. The molecular weight excluding hydrogens is 652 g/mol. The Morgan fingerprint density at radius 2 is 1.98 bits per heavy atom. The summed E-state index contributed by atoms with van der Waals surface area (Å²) in [6.45, 7) is 7.31. The second kappa shape index (κ2) is 14.0. The van der Waals surface area contributed by atoms with Crippen molar-refractivity contribution in [1.29, 1.82) is 0 Å². The number of aryl methyl sites for hydroxylation is 1. The Morgan fingerprint density at radius 3 is 2.71 bits per heavy atom. The van der Waals surface area contributed by atoms with E-state index in [1.165, 1.54) is 18.2 Å². The number of anilines is 1. The van der Waals surface area contributed by atoms with Crippen molar-refractivity contribution in [2.75, 3.05) is 38.3 Å². The van der Waals surface area contributed by atoms with Crippen molar-refractivity contribution in [3.05, 3.63) is 70.3 Å². The van der Waals surface area contributed by atoms with Crippen LogP contribution >= 0.6 is 11.6 Å². The van der Waals surface area contributed by atoms with Crippen LogP contribution in [-0.4, -0.2) is 65.1 Å². The lowest BCUT2D eigenvalue weighted by Gasteiger charge is -2.44. The van der Waals surface area contributed by atoms with Gasteiger partial charge in [0, 0.05) is 42.1 Å². The van der Waals surface area contributed by atoms with E-state index in [0.29, 0.717) is 31.2 Å². The highest BCUT2D eigenvalue weighted by Gasteiger charge is 2.44. The summed E-state index contributed by atoms with van der Waals surface area (Å²) in [6, 6.07) is 11.4. The smallest absolute Gasteiger partial charge is 0.335 e. The number of nitrogens with zero attached hydrogens (tertiary/aromatic N) is 1. The fraction of sp³-hybridized carbons (Fsp3) is 0.568. The average Bonchev–Trinajstić information content (AvgIpc) is 3.19. The van der Waals surface area contributed by atoms with Gasteiger partial charge >= 0.3 is 5.97 Å². The van der Waals surface area contributed by atoms with Crippen LogP contribution in [0, 0.1) is 23.7 Å². The summed E-state index contributed by atoms with van der Waals surface area (Å²) in [4.78, 5) is 28.9. The third-order valence-corrected chi connectivity index (χ3v) is 13.3. The Bertz CT molecular complexity index is 1680. The number of carbonyl (C=O) groups excluding carboxylic acids is 2. The zero-order valence-corrected chi connectivity index (χ0v) is 29.8. The predicted molar refractivity (Wildman–Crippen MR) is 186 cm³/mol. The zero-order chi connectivity index (χ0) is 34.2. The van der Waals surface area contributed by atoms with E-state index in [2.05, 4.69) is 27.8 Å². The molecule has 48 heavy (non-hydrogen) atoms. The van der Waals surface area contributed by atoms with Gasteiger partial charge in [-0.1, -0.05) is 36.7 Å². The molecule has 1 saturated carbocycles. The molecule has 2 aliphatic carbocycles. The van der Waals surface area contributed by atoms with Crippen molar-refractivity contribution in [2.24, 2.45) is 23.7 Å². The van der Waals surface area contributed by atoms with E-state index in [9.17, 15) is 18.0 Å². The van der Waals surface area contributed by atoms with Crippen molar-refractivity contribution >= 4 is 39.2 Å². The molecule has 1 fully saturated rings. The SMILES string of the molecule is CCOC(=O)[C@@H](OC)[C@@H]1/C=C/[C@@H]2CC[C@H]2CN2C[C@@]3(CCCc4cc(Cl)ccc43)COc3ccc(cc32)C(=O)NS(=O)(=O)[C@H](C)[C@@H](C)C1. The molecule has 1 spiro atoms. The molecule has 4 aliphatic rings. The Kier molecular flexibility index (Phi) is 10.2. The normalized spacial score (nSPS) is 31.1. The Balaban J connectivity index is 1.41. The van der Waals surface area contributed by atoms with Gasteiger partial charge in [-0.05, 0) is 112 Å². The minimum absolute atomic E-state index is 0.215. The average molecular weight is 699 g/mol. The van der Waals surface area contributed by atoms with Gasteiger partial charge in [0.25, 0.3) is 5.91 Å². The van der Waals surface area contributed by atoms with Crippen molar-refractivity contribution in [1.82, 2.24) is 4.72 Å². The van der Waals surface area contributed by atoms with Crippen LogP contribution in [0.4, 0.5) is 5.69 Å². The van der Waals surface area contributed by atoms with Gasteiger partial charge in [-0.2, -0.15) is 0 Å². The van der Waals surface area contributed by atoms with E-state index in [4.69, 9.17) is 25.8 Å². The lowest BCUT2D eigenvalue weighted by atomic mass is 9.69. The molecule has 0 radical (unpaired) electrons. The highest BCUT2D eigenvalue weighted by atomic mass is 35.5. The number of fused-ring (bicyclic) bond motifs is 4. The summed E-state index contributed by atoms with van der Waals surface area (Å²) in [7, 11) is -2.59. The third kappa shape index (κ3) is 6.85. The summed E-state index contributed by atoms with van der Waals surface area (Å²) in [5, 5.41) is -0.189. The van der Waals surface area contributed by atoms with Crippen LogP contribution in [0.15, 0.2) is 48.6 Å². The number of nitrogens with one attached hydrogen (secondary N) is 1. The van der Waals surface area contributed by atoms with Gasteiger partial charge in [0.1, 0.15) is 5.75 Å². The number of hydrogen-bond donors (Lipinski definition) is 1. The highest BCUT2D eigenvalue weighted by Crippen LogP contribution is 2.46. The fourth-order valence-corrected chi connectivity index (χ4v) is 9.56. The maximum absolute atomic E-state index is 13.6. The van der Waals surface area contributed by atoms with Gasteiger partial charge in [-0.25, -0.2) is 17.9 Å². The maximum Gasteiger partial charge on any atom is 0.335 e. The molecule has 0 unspecified atom stereocenters. The van der Waals surface area contributed by atoms with Gasteiger partial charge in [-0.3, -0.25) is 4.79 Å². The van der Waals surface area contributed by atoms with E-state index in [1.54, 1.807) is 32.0 Å². The summed E-state index contributed by atoms with van der Waals surface area (Å²) in [6.07, 6.45) is 8.69. The summed E-state index contributed by atoms with van der Waals surface area (Å²) >= 11 is 6.42. The largest absolute Gasteiger partial charge is 0.490 e. The van der Waals surface area contributed by atoms with Crippen molar-refractivity contribution in [2.45, 2.75) is 76.1 Å². The summed E-state index contributed by atoms with van der Waals surface area (Å²) in [5.41, 5.74) is 3.27. The van der Waals surface area contributed by atoms with Crippen LogP contribution < -0.4 is 14.4 Å². The third-order valence-electron chi connectivity index (χ3n) is 11.2. The van der Waals surface area contributed by atoms with E-state index in [1.807, 2.05) is 19.1 Å². The lowest BCUT2D eigenvalue weighted by molar-refractivity contribution is -0.157. The van der Waals surface area contributed by atoms with Crippen LogP contribution in [0.25, 0.3) is 0 Å². The number of allylic oxidation sites excluding steroid dienone is 1. The molecule has 1 amide bonds. The molecule has 6 rings (SSSR count). The topological polar surface area (TPSA) is 111 Å². The van der Waals surface area contributed by atoms with Gasteiger partial charge in [0.15, 0.2) is 6.10 Å². The Labute approximate surface area is 289 Å². The maximum atomic E-state index is 13.6. The monoisotopic (exact) mass is 698 g/mol. The number of halogens is 1. The molecule has 9 nitrogen and oxygen atoms in total. The molecule has 2 aliphatic heterocycles. The predicted octanol–water partition coefficient (Wildman–Crippen LogP) is 6.08. The highest BCUT2D eigenvalue weighted by molar-refractivity contribution is 7.90. The minimum atomic E-state index is -4.07. The first kappa shape index (κ1) is 34.8. The molecule has 7 atom stereocenters. The quantitative estimate of drug-likeness (QED) is 0.302. The molecule has 2 aromatic carbocycles. The molecule has 2 aromatic rings. The molecule has 2 heterocycles. The van der Waals surface area contributed by atoms with Gasteiger partial charge in [0.05, 0.1) is 24.2 Å². The van der Waals surface area contributed by atoms with Crippen LogP contribution in [0.3, 0.4) is 0 Å². The van der Waals surface area contributed by atoms with Gasteiger partial charge in [0.2, 0.25) is 10.0 Å². The number of ether oxygens (including phenoxy) is 3. The second-order valence-electron chi connectivity index (χ2n) is 14.1. The zero-order valence-electron chi connectivity index (χ0n) is 28.2. The number of amides is 1. The van der Waals surface area contributed by atoms with E-state index in [-0.39, 0.29) is 23.5 Å². The number of benzene rings is 2. The molecule has 260 valence electrons. The van der Waals surface area contributed by atoms with Crippen molar-refractivity contribution < 1.29 is 32.2 Å². The van der Waals surface area contributed by atoms with Crippen LogP contribution in [0.1, 0.15) is 74.4 Å². The number of esters is 1. The Morgan fingerprint density at radius 1 is 1.17 bits per heavy atom. The van der Waals surface area contributed by atoms with Crippen LogP contribution in [0.2, 0.25) is 5.02 Å². The van der Waals surface area contributed by atoms with Crippen LogP contribution in [0.5, 0.6) is 5.75 Å². The first-order valence-corrected chi connectivity index (χ1v) is 19.1. The number of carbonyl (C=O) groups is 2. The van der Waals surface area contributed by atoms with Crippen molar-refractivity contribution in [3.8, 4) is 5.75 Å². The van der Waals surface area contributed by atoms with Gasteiger partial charge in [-0.15, -0.1) is 0 Å². The lowest BCUT2D eigenvalue weighted by Crippen LogP contribution is -2.48. The standard InChI is InChI=1S/C37H47ClN2O7S/c1-5-46-36(42)34(45-4)27-10-8-25-9-11-29(25)20-40-21-37(16-6-7-26-18-30(38)13-14-31(26)37)22-47-33-15-12-28(19-32(33)40)35(41)39-48(43,44)24(3)23(2)17-27/h8,10,12-15,18-19,23-25,27,29,34H,5-7,9,11,16-17,20-22H2,1-4H3,(H,39,41)/b10-8+/t23-,24+,25+,27+,29-,34-,37-/m0/s1. The first-order chi connectivity index (χ1) is 22.9. The molecule has 0 aromatic heterocycles. The Hall–Kier alpha value is -3.08. The van der Waals surface area contributed by atoms with Gasteiger partial charge < -0.3 is 19.1 Å².